The largest absolute Gasteiger partial charge is 0.469 e. The standard InChI is InChI=1S/C17H18F2N2O3/c1-23-16(22)12-6-8-21(9-7-12)15-5-3-11-2-4-13(24-17(18)19)10-14(11)20-15/h2-5,10,12,17H,6-9H2,1H3. The Bertz CT molecular complexity index is 731. The predicted octanol–water partition coefficient (Wildman–Crippen LogP) is 3.23. The first-order valence-electron chi connectivity index (χ1n) is 7.75. The van der Waals surface area contributed by atoms with Gasteiger partial charge in [0.05, 0.1) is 18.5 Å². The van der Waals surface area contributed by atoms with E-state index >= 15 is 0 Å². The summed E-state index contributed by atoms with van der Waals surface area (Å²) in [4.78, 5) is 18.2. The number of ether oxygens (including phenoxy) is 2. The van der Waals surface area contributed by atoms with Crippen LogP contribution in [0.4, 0.5) is 14.6 Å². The Morgan fingerprint density at radius 3 is 2.62 bits per heavy atom. The second-order valence-electron chi connectivity index (χ2n) is 5.69. The van der Waals surface area contributed by atoms with E-state index in [1.54, 1.807) is 6.07 Å². The Balaban J connectivity index is 1.76. The van der Waals surface area contributed by atoms with Crippen LogP contribution in [0.2, 0.25) is 0 Å². The van der Waals surface area contributed by atoms with E-state index in [1.807, 2.05) is 12.1 Å². The molecule has 1 aliphatic heterocycles. The number of anilines is 1. The van der Waals surface area contributed by atoms with E-state index in [0.717, 1.165) is 11.2 Å². The molecule has 3 rings (SSSR count). The van der Waals surface area contributed by atoms with Crippen molar-refractivity contribution < 1.29 is 23.0 Å². The van der Waals surface area contributed by atoms with Gasteiger partial charge >= 0.3 is 12.6 Å². The lowest BCUT2D eigenvalue weighted by Gasteiger charge is -2.31. The number of piperidine rings is 1. The summed E-state index contributed by atoms with van der Waals surface area (Å²) in [5.74, 6) is 0.610. The van der Waals surface area contributed by atoms with Gasteiger partial charge in [0.2, 0.25) is 0 Å². The molecule has 7 heteroatoms. The molecule has 0 radical (unpaired) electrons. The van der Waals surface area contributed by atoms with Crippen LogP contribution < -0.4 is 9.64 Å². The number of halogens is 2. The van der Waals surface area contributed by atoms with Crippen molar-refractivity contribution in [2.24, 2.45) is 5.92 Å². The van der Waals surface area contributed by atoms with Gasteiger partial charge < -0.3 is 14.4 Å². The summed E-state index contributed by atoms with van der Waals surface area (Å²) in [6.45, 7) is -1.46. The summed E-state index contributed by atoms with van der Waals surface area (Å²) in [6.07, 6.45) is 1.42. The first-order chi connectivity index (χ1) is 11.6. The lowest BCUT2D eigenvalue weighted by Crippen LogP contribution is -2.37. The molecule has 5 nitrogen and oxygen atoms in total. The van der Waals surface area contributed by atoms with E-state index in [0.29, 0.717) is 31.4 Å². The molecule has 128 valence electrons. The minimum Gasteiger partial charge on any atom is -0.469 e. The van der Waals surface area contributed by atoms with Gasteiger partial charge in [-0.15, -0.1) is 0 Å². The normalized spacial score (nSPS) is 15.8. The molecule has 0 saturated carbocycles. The van der Waals surface area contributed by atoms with Crippen molar-refractivity contribution in [3.05, 3.63) is 30.3 Å². The third-order valence-electron chi connectivity index (χ3n) is 4.23. The molecule has 2 heterocycles. The first-order valence-corrected chi connectivity index (χ1v) is 7.75. The van der Waals surface area contributed by atoms with Crippen LogP contribution in [0.15, 0.2) is 30.3 Å². The van der Waals surface area contributed by atoms with Gasteiger partial charge in [-0.25, -0.2) is 4.98 Å². The zero-order chi connectivity index (χ0) is 17.1. The number of nitrogens with zero attached hydrogens (tertiary/aromatic N) is 2. The maximum Gasteiger partial charge on any atom is 0.387 e. The molecule has 1 aromatic carbocycles. The molecule has 1 aliphatic rings. The average Bonchev–Trinajstić information content (AvgIpc) is 2.60. The zero-order valence-electron chi connectivity index (χ0n) is 13.2. The van der Waals surface area contributed by atoms with Crippen LogP contribution >= 0.6 is 0 Å². The number of pyridine rings is 1. The summed E-state index contributed by atoms with van der Waals surface area (Å²) in [6, 6.07) is 8.50. The number of alkyl halides is 2. The van der Waals surface area contributed by atoms with Crippen LogP contribution in [-0.2, 0) is 9.53 Å². The highest BCUT2D eigenvalue weighted by Crippen LogP contribution is 2.26. The number of carbonyl (C=O) groups excluding carboxylic acids is 1. The van der Waals surface area contributed by atoms with Crippen molar-refractivity contribution in [2.75, 3.05) is 25.1 Å². The van der Waals surface area contributed by atoms with Crippen molar-refractivity contribution in [3.8, 4) is 5.75 Å². The SMILES string of the molecule is COC(=O)C1CCN(c2ccc3ccc(OC(F)F)cc3n2)CC1. The maximum absolute atomic E-state index is 12.3. The van der Waals surface area contributed by atoms with Crippen LogP contribution in [0, 0.1) is 5.92 Å². The second kappa shape index (κ2) is 6.98. The summed E-state index contributed by atoms with van der Waals surface area (Å²) in [5.41, 5.74) is 0.598. The quantitative estimate of drug-likeness (QED) is 0.803. The molecule has 0 amide bonds. The highest BCUT2D eigenvalue weighted by Gasteiger charge is 2.26. The number of esters is 1. The lowest BCUT2D eigenvalue weighted by atomic mass is 9.97. The molecule has 0 N–H and O–H groups in total. The summed E-state index contributed by atoms with van der Waals surface area (Å²) in [5, 5.41) is 0.852. The fourth-order valence-electron chi connectivity index (χ4n) is 2.95. The molecule has 24 heavy (non-hydrogen) atoms. The molecular formula is C17H18F2N2O3. The number of benzene rings is 1. The number of carbonyl (C=O) groups is 1. The Hall–Kier alpha value is -2.44. The monoisotopic (exact) mass is 336 g/mol. The fraction of sp³-hybridized carbons (Fsp3) is 0.412. The molecule has 2 aromatic rings. The van der Waals surface area contributed by atoms with E-state index in [2.05, 4.69) is 14.6 Å². The predicted molar refractivity (Wildman–Crippen MR) is 85.3 cm³/mol. The van der Waals surface area contributed by atoms with E-state index in [9.17, 15) is 13.6 Å². The maximum atomic E-state index is 12.3. The molecular weight excluding hydrogens is 318 g/mol. The average molecular weight is 336 g/mol. The summed E-state index contributed by atoms with van der Waals surface area (Å²) in [7, 11) is 1.40. The second-order valence-corrected chi connectivity index (χ2v) is 5.69. The van der Waals surface area contributed by atoms with E-state index in [4.69, 9.17) is 4.74 Å². The highest BCUT2D eigenvalue weighted by atomic mass is 19.3. The number of fused-ring (bicyclic) bond motifs is 1. The molecule has 1 aromatic heterocycles. The number of hydrogen-bond donors (Lipinski definition) is 0. The topological polar surface area (TPSA) is 51.7 Å². The van der Waals surface area contributed by atoms with Gasteiger partial charge in [-0.2, -0.15) is 8.78 Å². The van der Waals surface area contributed by atoms with Gasteiger partial charge in [-0.05, 0) is 37.1 Å². The van der Waals surface area contributed by atoms with Gasteiger partial charge in [-0.3, -0.25) is 4.79 Å². The van der Waals surface area contributed by atoms with Crippen molar-refractivity contribution in [3.63, 3.8) is 0 Å². The van der Waals surface area contributed by atoms with Gasteiger partial charge in [0, 0.05) is 24.5 Å². The highest BCUT2D eigenvalue weighted by molar-refractivity contribution is 5.82. The lowest BCUT2D eigenvalue weighted by molar-refractivity contribution is -0.146. The number of hydrogen-bond acceptors (Lipinski definition) is 5. The molecule has 1 saturated heterocycles. The third kappa shape index (κ3) is 3.55. The summed E-state index contributed by atoms with van der Waals surface area (Å²) < 4.78 is 33.9. The smallest absolute Gasteiger partial charge is 0.387 e. The summed E-state index contributed by atoms with van der Waals surface area (Å²) >= 11 is 0. The van der Waals surface area contributed by atoms with Crippen molar-refractivity contribution in [1.29, 1.82) is 0 Å². The van der Waals surface area contributed by atoms with Crippen molar-refractivity contribution >= 4 is 22.7 Å². The number of rotatable bonds is 4. The number of methoxy groups -OCH3 is 1. The molecule has 0 atom stereocenters. The van der Waals surface area contributed by atoms with E-state index < -0.39 is 6.61 Å². The van der Waals surface area contributed by atoms with Crippen LogP contribution in [0.5, 0.6) is 5.75 Å². The Morgan fingerprint density at radius 1 is 1.25 bits per heavy atom. The van der Waals surface area contributed by atoms with E-state index in [1.165, 1.54) is 19.2 Å². The number of aromatic nitrogens is 1. The van der Waals surface area contributed by atoms with Gasteiger partial charge in [-0.1, -0.05) is 0 Å². The van der Waals surface area contributed by atoms with Gasteiger partial charge in [0.25, 0.3) is 0 Å². The fourth-order valence-corrected chi connectivity index (χ4v) is 2.95. The van der Waals surface area contributed by atoms with Crippen LogP contribution in [-0.4, -0.2) is 37.8 Å². The molecule has 0 spiro atoms. The Morgan fingerprint density at radius 2 is 1.96 bits per heavy atom. The Kier molecular flexibility index (Phi) is 4.78. The van der Waals surface area contributed by atoms with Gasteiger partial charge in [0.1, 0.15) is 11.6 Å². The third-order valence-corrected chi connectivity index (χ3v) is 4.23. The van der Waals surface area contributed by atoms with Crippen LogP contribution in [0.25, 0.3) is 10.9 Å². The Labute approximate surface area is 138 Å². The molecule has 0 aliphatic carbocycles. The zero-order valence-corrected chi connectivity index (χ0v) is 13.2. The van der Waals surface area contributed by atoms with Crippen LogP contribution in [0.1, 0.15) is 12.8 Å². The van der Waals surface area contributed by atoms with Crippen molar-refractivity contribution in [1.82, 2.24) is 4.98 Å². The van der Waals surface area contributed by atoms with Crippen molar-refractivity contribution in [2.45, 2.75) is 19.5 Å². The minimum atomic E-state index is -2.86. The molecule has 0 unspecified atom stereocenters. The van der Waals surface area contributed by atoms with Gasteiger partial charge in [0.15, 0.2) is 0 Å². The van der Waals surface area contributed by atoms with E-state index in [-0.39, 0.29) is 17.6 Å². The molecule has 1 fully saturated rings. The first kappa shape index (κ1) is 16.4. The molecule has 0 bridgehead atoms. The minimum absolute atomic E-state index is 0.0715. The van der Waals surface area contributed by atoms with Crippen LogP contribution in [0.3, 0.4) is 0 Å².